The van der Waals surface area contributed by atoms with Gasteiger partial charge in [-0.3, -0.25) is 9.89 Å². The molecule has 1 aliphatic heterocycles. The van der Waals surface area contributed by atoms with Gasteiger partial charge in [-0.2, -0.15) is 5.10 Å². The monoisotopic (exact) mass is 246 g/mol. The number of nitrogens with zero attached hydrogens (tertiary/aromatic N) is 2. The average molecular weight is 246 g/mol. The van der Waals surface area contributed by atoms with E-state index in [0.717, 1.165) is 12.0 Å². The maximum Gasteiger partial charge on any atom is 0.278 e. The summed E-state index contributed by atoms with van der Waals surface area (Å²) in [6.45, 7) is 0.524. The number of carbonyl (C=O) groups excluding carboxylic acids is 1. The van der Waals surface area contributed by atoms with E-state index in [2.05, 4.69) is 10.2 Å². The van der Waals surface area contributed by atoms with Crippen molar-refractivity contribution in [3.05, 3.63) is 41.5 Å². The molecule has 0 atom stereocenters. The molecule has 0 saturated carbocycles. The highest BCUT2D eigenvalue weighted by molar-refractivity contribution is 6.08. The first-order chi connectivity index (χ1) is 8.66. The first kappa shape index (κ1) is 10.8. The van der Waals surface area contributed by atoms with Crippen LogP contribution in [0.5, 0.6) is 0 Å². The zero-order chi connectivity index (χ0) is 12.7. The molecule has 3 N–H and O–H groups in total. The molecule has 92 valence electrons. The van der Waals surface area contributed by atoms with Crippen molar-refractivity contribution in [2.24, 2.45) is 0 Å². The number of benzene rings is 1. The number of halogens is 1. The fraction of sp³-hybridized carbons (Fsp3) is 0.167. The van der Waals surface area contributed by atoms with E-state index in [1.807, 2.05) is 0 Å². The van der Waals surface area contributed by atoms with Gasteiger partial charge in [0.25, 0.3) is 5.91 Å². The Balaban J connectivity index is 2.00. The van der Waals surface area contributed by atoms with Crippen LogP contribution >= 0.6 is 0 Å². The molecule has 3 rings (SSSR count). The Morgan fingerprint density at radius 2 is 2.33 bits per heavy atom. The summed E-state index contributed by atoms with van der Waals surface area (Å²) in [7, 11) is 0. The molecule has 0 fully saturated rings. The molecule has 1 aromatic heterocycles. The van der Waals surface area contributed by atoms with Crippen LogP contribution < -0.4 is 10.6 Å². The van der Waals surface area contributed by atoms with Gasteiger partial charge in [0.05, 0.1) is 17.6 Å². The Labute approximate surface area is 102 Å². The summed E-state index contributed by atoms with van der Waals surface area (Å²) in [6, 6.07) is 4.47. The maximum absolute atomic E-state index is 13.2. The molecular weight excluding hydrogens is 235 g/mol. The molecular formula is C12H11FN4O. The van der Waals surface area contributed by atoms with Gasteiger partial charge in [0.15, 0.2) is 0 Å². The first-order valence-corrected chi connectivity index (χ1v) is 5.56. The van der Waals surface area contributed by atoms with E-state index in [-0.39, 0.29) is 17.4 Å². The van der Waals surface area contributed by atoms with E-state index in [0.29, 0.717) is 17.9 Å². The molecule has 0 aliphatic carbocycles. The number of anilines is 2. The molecule has 6 heteroatoms. The van der Waals surface area contributed by atoms with Gasteiger partial charge in [0, 0.05) is 6.54 Å². The number of aromatic nitrogens is 2. The summed E-state index contributed by atoms with van der Waals surface area (Å²) in [5, 5.41) is 6.28. The predicted octanol–water partition coefficient (Wildman–Crippen LogP) is 1.33. The van der Waals surface area contributed by atoms with Crippen LogP contribution in [0.4, 0.5) is 15.8 Å². The average Bonchev–Trinajstić information content (AvgIpc) is 2.94. The van der Waals surface area contributed by atoms with Gasteiger partial charge in [-0.25, -0.2) is 4.39 Å². The molecule has 0 bridgehead atoms. The Hall–Kier alpha value is -2.37. The lowest BCUT2D eigenvalue weighted by Crippen LogP contribution is -2.29. The second-order valence-corrected chi connectivity index (χ2v) is 4.18. The first-order valence-electron chi connectivity index (χ1n) is 5.56. The van der Waals surface area contributed by atoms with Gasteiger partial charge in [0.1, 0.15) is 11.5 Å². The third-order valence-electron chi connectivity index (χ3n) is 3.07. The number of nitrogens with two attached hydrogens (primary N) is 1. The molecule has 5 nitrogen and oxygen atoms in total. The molecule has 0 spiro atoms. The molecule has 18 heavy (non-hydrogen) atoms. The Morgan fingerprint density at radius 1 is 1.50 bits per heavy atom. The van der Waals surface area contributed by atoms with E-state index >= 15 is 0 Å². The van der Waals surface area contributed by atoms with Crippen molar-refractivity contribution in [1.29, 1.82) is 0 Å². The van der Waals surface area contributed by atoms with Crippen molar-refractivity contribution in [1.82, 2.24) is 10.2 Å². The van der Waals surface area contributed by atoms with Gasteiger partial charge in [-0.05, 0) is 24.1 Å². The molecule has 0 radical (unpaired) electrons. The van der Waals surface area contributed by atoms with Crippen LogP contribution in [0.2, 0.25) is 0 Å². The van der Waals surface area contributed by atoms with Crippen molar-refractivity contribution < 1.29 is 9.18 Å². The SMILES string of the molecule is Nc1cn[nH]c1C(=O)N1CCc2ccc(F)cc21. The van der Waals surface area contributed by atoms with Gasteiger partial charge in [0.2, 0.25) is 0 Å². The van der Waals surface area contributed by atoms with Gasteiger partial charge >= 0.3 is 0 Å². The van der Waals surface area contributed by atoms with Crippen molar-refractivity contribution in [3.63, 3.8) is 0 Å². The molecule has 1 amide bonds. The highest BCUT2D eigenvalue weighted by Gasteiger charge is 2.27. The van der Waals surface area contributed by atoms with Crippen molar-refractivity contribution in [2.75, 3.05) is 17.2 Å². The molecule has 2 heterocycles. The zero-order valence-electron chi connectivity index (χ0n) is 9.48. The lowest BCUT2D eigenvalue weighted by atomic mass is 10.1. The topological polar surface area (TPSA) is 75.0 Å². The number of hydrogen-bond donors (Lipinski definition) is 2. The number of carbonyl (C=O) groups is 1. The summed E-state index contributed by atoms with van der Waals surface area (Å²) < 4.78 is 13.2. The number of nitrogen functional groups attached to an aromatic ring is 1. The van der Waals surface area contributed by atoms with Crippen LogP contribution in [0.25, 0.3) is 0 Å². The van der Waals surface area contributed by atoms with Crippen LogP contribution in [-0.2, 0) is 6.42 Å². The smallest absolute Gasteiger partial charge is 0.278 e. The van der Waals surface area contributed by atoms with Crippen molar-refractivity contribution >= 4 is 17.3 Å². The minimum Gasteiger partial charge on any atom is -0.396 e. The number of fused-ring (bicyclic) bond motifs is 1. The lowest BCUT2D eigenvalue weighted by Gasteiger charge is -2.16. The molecule has 1 aromatic carbocycles. The van der Waals surface area contributed by atoms with Crippen LogP contribution in [-0.4, -0.2) is 22.6 Å². The molecule has 0 saturated heterocycles. The normalized spacial score (nSPS) is 13.7. The second-order valence-electron chi connectivity index (χ2n) is 4.18. The zero-order valence-corrected chi connectivity index (χ0v) is 9.48. The van der Waals surface area contributed by atoms with E-state index in [1.165, 1.54) is 23.2 Å². The number of rotatable bonds is 1. The summed E-state index contributed by atoms with van der Waals surface area (Å²) >= 11 is 0. The molecule has 2 aromatic rings. The predicted molar refractivity (Wildman–Crippen MR) is 64.8 cm³/mol. The summed E-state index contributed by atoms with van der Waals surface area (Å²) in [4.78, 5) is 13.8. The maximum atomic E-state index is 13.2. The third-order valence-corrected chi connectivity index (χ3v) is 3.07. The number of aromatic amines is 1. The second kappa shape index (κ2) is 3.83. The van der Waals surface area contributed by atoms with Gasteiger partial charge in [-0.1, -0.05) is 6.07 Å². The minimum atomic E-state index is -0.356. The highest BCUT2D eigenvalue weighted by Crippen LogP contribution is 2.30. The molecule has 1 aliphatic rings. The van der Waals surface area contributed by atoms with E-state index < -0.39 is 0 Å². The number of nitrogens with one attached hydrogen (secondary N) is 1. The van der Waals surface area contributed by atoms with E-state index in [1.54, 1.807) is 6.07 Å². The summed E-state index contributed by atoms with van der Waals surface area (Å²) in [5.41, 5.74) is 7.75. The van der Waals surface area contributed by atoms with Crippen molar-refractivity contribution in [3.8, 4) is 0 Å². The quantitative estimate of drug-likeness (QED) is 0.797. The number of amides is 1. The van der Waals surface area contributed by atoms with Crippen LogP contribution in [0.15, 0.2) is 24.4 Å². The lowest BCUT2D eigenvalue weighted by molar-refractivity contribution is 0.0985. The Bertz CT molecular complexity index is 622. The van der Waals surface area contributed by atoms with Crippen LogP contribution in [0.3, 0.4) is 0 Å². The Kier molecular flexibility index (Phi) is 2.29. The van der Waals surface area contributed by atoms with Crippen LogP contribution in [0, 0.1) is 5.82 Å². The molecule has 0 unspecified atom stereocenters. The highest BCUT2D eigenvalue weighted by atomic mass is 19.1. The number of H-pyrrole nitrogens is 1. The van der Waals surface area contributed by atoms with Gasteiger partial charge < -0.3 is 10.6 Å². The third kappa shape index (κ3) is 1.54. The van der Waals surface area contributed by atoms with Gasteiger partial charge in [-0.15, -0.1) is 0 Å². The summed E-state index contributed by atoms with van der Waals surface area (Å²) in [6.07, 6.45) is 2.10. The van der Waals surface area contributed by atoms with Crippen molar-refractivity contribution in [2.45, 2.75) is 6.42 Å². The van der Waals surface area contributed by atoms with E-state index in [9.17, 15) is 9.18 Å². The van der Waals surface area contributed by atoms with E-state index in [4.69, 9.17) is 5.73 Å². The summed E-state index contributed by atoms with van der Waals surface area (Å²) in [5.74, 6) is -0.639. The fourth-order valence-electron chi connectivity index (χ4n) is 2.17. The Morgan fingerprint density at radius 3 is 3.06 bits per heavy atom. The largest absolute Gasteiger partial charge is 0.396 e. The standard InChI is InChI=1S/C12H11FN4O/c13-8-2-1-7-3-4-17(10(7)5-8)12(18)11-9(14)6-15-16-11/h1-2,5-6H,3-4,14H2,(H,15,16). The fourth-order valence-corrected chi connectivity index (χ4v) is 2.17. The van der Waals surface area contributed by atoms with Crippen LogP contribution in [0.1, 0.15) is 16.1 Å². The minimum absolute atomic E-state index is 0.243. The number of hydrogen-bond acceptors (Lipinski definition) is 3.